The highest BCUT2D eigenvalue weighted by Crippen LogP contribution is 2.41. The molecule has 0 radical (unpaired) electrons. The molecule has 118 valence electrons. The molecule has 0 saturated heterocycles. The lowest BCUT2D eigenvalue weighted by Crippen LogP contribution is -2.33. The van der Waals surface area contributed by atoms with E-state index in [4.69, 9.17) is 4.74 Å². The van der Waals surface area contributed by atoms with E-state index in [0.717, 1.165) is 35.9 Å². The molecule has 0 spiro atoms. The summed E-state index contributed by atoms with van der Waals surface area (Å²) in [7, 11) is 1.83. The highest BCUT2D eigenvalue weighted by Gasteiger charge is 2.32. The summed E-state index contributed by atoms with van der Waals surface area (Å²) in [5.74, 6) is 1.26. The van der Waals surface area contributed by atoms with Gasteiger partial charge in [-0.05, 0) is 55.9 Å². The minimum atomic E-state index is 0.0201. The number of nitrogens with zero attached hydrogens (tertiary/aromatic N) is 1. The first-order valence-electron chi connectivity index (χ1n) is 8.20. The van der Waals surface area contributed by atoms with Gasteiger partial charge in [0.05, 0.1) is 11.1 Å². The Bertz CT molecular complexity index is 904. The minimum absolute atomic E-state index is 0.0201. The van der Waals surface area contributed by atoms with Crippen LogP contribution >= 0.6 is 0 Å². The van der Waals surface area contributed by atoms with Gasteiger partial charge in [0.2, 0.25) is 0 Å². The summed E-state index contributed by atoms with van der Waals surface area (Å²) in [6.45, 7) is 6.21. The summed E-state index contributed by atoms with van der Waals surface area (Å²) in [6.07, 6.45) is 5.20. The molecule has 2 aromatic rings. The van der Waals surface area contributed by atoms with Gasteiger partial charge in [-0.2, -0.15) is 0 Å². The standard InChI is InChI=1S/C20H21NO2/c1-12(2)13-8-9-14-10-16-19(23-18(14)11-13)15-6-4-5-7-17(15)21(3)20(16)22/h4-7,10,13,18H,1,8-9,11H2,2-3H3/t13-,18?/m0/s1. The maximum atomic E-state index is 12.7. The second-order valence-corrected chi connectivity index (χ2v) is 6.77. The molecule has 1 aliphatic carbocycles. The molecule has 23 heavy (non-hydrogen) atoms. The molecule has 1 saturated carbocycles. The van der Waals surface area contributed by atoms with Crippen molar-refractivity contribution < 1.29 is 4.74 Å². The number of allylic oxidation sites excluding steroid dienone is 1. The van der Waals surface area contributed by atoms with Crippen molar-refractivity contribution in [2.45, 2.75) is 32.3 Å². The van der Waals surface area contributed by atoms with Gasteiger partial charge >= 0.3 is 0 Å². The van der Waals surface area contributed by atoms with Gasteiger partial charge in [0.1, 0.15) is 11.9 Å². The Hall–Kier alpha value is -2.29. The summed E-state index contributed by atoms with van der Waals surface area (Å²) in [6, 6.07) is 7.95. The first-order chi connectivity index (χ1) is 11.1. The fourth-order valence-corrected chi connectivity index (χ4v) is 3.84. The van der Waals surface area contributed by atoms with Crippen LogP contribution in [-0.2, 0) is 7.05 Å². The molecule has 3 heteroatoms. The Morgan fingerprint density at radius 2 is 2.13 bits per heavy atom. The quantitative estimate of drug-likeness (QED) is 0.744. The summed E-state index contributed by atoms with van der Waals surface area (Å²) in [4.78, 5) is 12.7. The molecule has 1 aromatic carbocycles. The van der Waals surface area contributed by atoms with E-state index in [-0.39, 0.29) is 11.7 Å². The monoisotopic (exact) mass is 307 g/mol. The van der Waals surface area contributed by atoms with Crippen LogP contribution in [-0.4, -0.2) is 10.7 Å². The number of para-hydroxylation sites is 1. The lowest BCUT2D eigenvalue weighted by Gasteiger charge is -2.35. The highest BCUT2D eigenvalue weighted by atomic mass is 16.5. The van der Waals surface area contributed by atoms with E-state index in [9.17, 15) is 4.79 Å². The Morgan fingerprint density at radius 1 is 1.35 bits per heavy atom. The SMILES string of the molecule is C=C(C)[C@H]1CCC2=Cc3c(c4ccccc4n(C)c3=O)OC2C1. The molecule has 1 aliphatic heterocycles. The number of pyridine rings is 1. The van der Waals surface area contributed by atoms with E-state index in [2.05, 4.69) is 19.6 Å². The molecule has 1 unspecified atom stereocenters. The Labute approximate surface area is 135 Å². The molecular weight excluding hydrogens is 286 g/mol. The maximum absolute atomic E-state index is 12.7. The molecule has 2 atom stereocenters. The van der Waals surface area contributed by atoms with E-state index in [0.29, 0.717) is 11.5 Å². The summed E-state index contributed by atoms with van der Waals surface area (Å²) >= 11 is 0. The fraction of sp³-hybridized carbons (Fsp3) is 0.350. The smallest absolute Gasteiger partial charge is 0.261 e. The number of aromatic nitrogens is 1. The van der Waals surface area contributed by atoms with E-state index >= 15 is 0 Å². The normalized spacial score (nSPS) is 22.8. The Morgan fingerprint density at radius 3 is 2.91 bits per heavy atom. The molecular formula is C20H21NO2. The molecule has 1 fully saturated rings. The largest absolute Gasteiger partial charge is 0.484 e. The van der Waals surface area contributed by atoms with Crippen LogP contribution in [0.15, 0.2) is 46.8 Å². The van der Waals surface area contributed by atoms with Crippen LogP contribution in [0.5, 0.6) is 5.75 Å². The predicted molar refractivity (Wildman–Crippen MR) is 93.7 cm³/mol. The van der Waals surface area contributed by atoms with Gasteiger partial charge in [-0.25, -0.2) is 0 Å². The molecule has 4 rings (SSSR count). The number of hydrogen-bond donors (Lipinski definition) is 0. The Balaban J connectivity index is 1.89. The summed E-state index contributed by atoms with van der Waals surface area (Å²) < 4.78 is 8.06. The second-order valence-electron chi connectivity index (χ2n) is 6.77. The Kier molecular flexibility index (Phi) is 3.19. The van der Waals surface area contributed by atoms with Gasteiger partial charge in [0, 0.05) is 12.4 Å². The first kappa shape index (κ1) is 14.3. The van der Waals surface area contributed by atoms with Gasteiger partial charge in [0.15, 0.2) is 0 Å². The number of aryl methyl sites for hydroxylation is 1. The number of benzene rings is 1. The van der Waals surface area contributed by atoms with Gasteiger partial charge in [-0.1, -0.05) is 24.3 Å². The third kappa shape index (κ3) is 2.14. The van der Waals surface area contributed by atoms with Gasteiger partial charge < -0.3 is 9.30 Å². The van der Waals surface area contributed by atoms with Crippen molar-refractivity contribution in [2.75, 3.05) is 0 Å². The molecule has 0 amide bonds. The minimum Gasteiger partial charge on any atom is -0.484 e. The van der Waals surface area contributed by atoms with Crippen LogP contribution in [0.25, 0.3) is 17.0 Å². The maximum Gasteiger partial charge on any atom is 0.261 e. The van der Waals surface area contributed by atoms with Crippen molar-refractivity contribution in [1.82, 2.24) is 4.57 Å². The van der Waals surface area contributed by atoms with E-state index < -0.39 is 0 Å². The van der Waals surface area contributed by atoms with E-state index in [1.807, 2.05) is 31.3 Å². The molecule has 2 heterocycles. The first-order valence-corrected chi connectivity index (χ1v) is 8.20. The topological polar surface area (TPSA) is 31.2 Å². The lowest BCUT2D eigenvalue weighted by atomic mass is 9.79. The van der Waals surface area contributed by atoms with Crippen LogP contribution in [0.3, 0.4) is 0 Å². The zero-order chi connectivity index (χ0) is 16.1. The molecule has 3 nitrogen and oxygen atoms in total. The van der Waals surface area contributed by atoms with Crippen molar-refractivity contribution in [3.05, 3.63) is 57.9 Å². The van der Waals surface area contributed by atoms with Gasteiger partial charge in [0.25, 0.3) is 5.56 Å². The van der Waals surface area contributed by atoms with Crippen LogP contribution < -0.4 is 10.3 Å². The number of fused-ring (bicyclic) bond motifs is 4. The zero-order valence-electron chi connectivity index (χ0n) is 13.6. The molecule has 1 aromatic heterocycles. The van der Waals surface area contributed by atoms with Crippen molar-refractivity contribution in [3.63, 3.8) is 0 Å². The third-order valence-corrected chi connectivity index (χ3v) is 5.27. The number of hydrogen-bond acceptors (Lipinski definition) is 2. The van der Waals surface area contributed by atoms with Crippen LogP contribution in [0.1, 0.15) is 31.7 Å². The highest BCUT2D eigenvalue weighted by molar-refractivity contribution is 5.90. The van der Waals surface area contributed by atoms with Gasteiger partial charge in [-0.15, -0.1) is 0 Å². The van der Waals surface area contributed by atoms with Gasteiger partial charge in [-0.3, -0.25) is 4.79 Å². The summed E-state index contributed by atoms with van der Waals surface area (Å²) in [5, 5.41) is 1.01. The lowest BCUT2D eigenvalue weighted by molar-refractivity contribution is 0.180. The average molecular weight is 307 g/mol. The summed E-state index contributed by atoms with van der Waals surface area (Å²) in [5.41, 5.74) is 4.12. The van der Waals surface area contributed by atoms with Crippen LogP contribution in [0, 0.1) is 5.92 Å². The third-order valence-electron chi connectivity index (χ3n) is 5.27. The van der Waals surface area contributed by atoms with Crippen molar-refractivity contribution in [2.24, 2.45) is 13.0 Å². The van der Waals surface area contributed by atoms with E-state index in [1.165, 1.54) is 11.1 Å². The van der Waals surface area contributed by atoms with Crippen molar-refractivity contribution in [1.29, 1.82) is 0 Å². The second kappa shape index (κ2) is 5.12. The number of rotatable bonds is 1. The number of ether oxygens (including phenoxy) is 1. The average Bonchev–Trinajstić information content (AvgIpc) is 2.58. The van der Waals surface area contributed by atoms with Crippen molar-refractivity contribution >= 4 is 17.0 Å². The molecule has 0 bridgehead atoms. The van der Waals surface area contributed by atoms with Crippen molar-refractivity contribution in [3.8, 4) is 5.75 Å². The zero-order valence-corrected chi connectivity index (χ0v) is 13.6. The predicted octanol–water partition coefficient (Wildman–Crippen LogP) is 4.06. The van der Waals surface area contributed by atoms with E-state index in [1.54, 1.807) is 4.57 Å². The molecule has 2 aliphatic rings. The fourth-order valence-electron chi connectivity index (χ4n) is 3.84. The van der Waals surface area contributed by atoms with Crippen LogP contribution in [0.2, 0.25) is 0 Å². The van der Waals surface area contributed by atoms with Crippen LogP contribution in [0.4, 0.5) is 0 Å². The molecule has 0 N–H and O–H groups in total.